The zero-order valence-corrected chi connectivity index (χ0v) is 6.51. The molecule has 0 radical (unpaired) electrons. The third-order valence-corrected chi connectivity index (χ3v) is 1.00. The molecule has 0 heterocycles. The molecule has 0 aliphatic heterocycles. The third kappa shape index (κ3) is 3.00. The van der Waals surface area contributed by atoms with Crippen molar-refractivity contribution < 1.29 is 4.79 Å². The molecule has 0 atom stereocenters. The fourth-order valence-corrected chi connectivity index (χ4v) is 0.523. The van der Waals surface area contributed by atoms with Gasteiger partial charge in [0.25, 0.3) is 0 Å². The molecular weight excluding hydrogens is 126 g/mol. The second kappa shape index (κ2) is 4.71. The Morgan fingerprint density at radius 3 is 2.40 bits per heavy atom. The number of hydrogen-bond donors (Lipinski definition) is 0. The molecule has 10 heavy (non-hydrogen) atoms. The van der Waals surface area contributed by atoms with E-state index in [4.69, 9.17) is 0 Å². The fraction of sp³-hybridized carbons (Fsp3) is 0.375. The summed E-state index contributed by atoms with van der Waals surface area (Å²) in [5, 5.41) is 0. The summed E-state index contributed by atoms with van der Waals surface area (Å²) in [6.07, 6.45) is 5.11. The van der Waals surface area contributed by atoms with Crippen LogP contribution in [-0.2, 0) is 4.79 Å². The van der Waals surface area contributed by atoms with E-state index in [2.05, 4.69) is 4.99 Å². The Morgan fingerprint density at radius 1 is 1.50 bits per heavy atom. The van der Waals surface area contributed by atoms with E-state index in [0.717, 1.165) is 5.57 Å². The maximum Gasteiger partial charge on any atom is 0.240 e. The van der Waals surface area contributed by atoms with Crippen LogP contribution < -0.4 is 0 Å². The third-order valence-electron chi connectivity index (χ3n) is 1.00. The first-order chi connectivity index (χ1) is 4.72. The van der Waals surface area contributed by atoms with Crippen molar-refractivity contribution in [2.45, 2.75) is 20.8 Å². The van der Waals surface area contributed by atoms with Crippen LogP contribution >= 0.6 is 0 Å². The van der Waals surface area contributed by atoms with E-state index in [1.165, 1.54) is 6.08 Å². The van der Waals surface area contributed by atoms with Crippen LogP contribution in [0.4, 0.5) is 0 Å². The van der Waals surface area contributed by atoms with E-state index < -0.39 is 0 Å². The predicted octanol–water partition coefficient (Wildman–Crippen LogP) is 2.19. The van der Waals surface area contributed by atoms with Crippen molar-refractivity contribution in [1.82, 2.24) is 0 Å². The first kappa shape index (κ1) is 8.86. The van der Waals surface area contributed by atoms with Crippen molar-refractivity contribution in [3.63, 3.8) is 0 Å². The predicted molar refractivity (Wildman–Crippen MR) is 41.3 cm³/mol. The van der Waals surface area contributed by atoms with Gasteiger partial charge in [0.1, 0.15) is 0 Å². The molecular formula is C8H11NO. The van der Waals surface area contributed by atoms with Crippen LogP contribution in [-0.4, -0.2) is 6.08 Å². The van der Waals surface area contributed by atoms with Gasteiger partial charge in [-0.15, -0.1) is 0 Å². The summed E-state index contributed by atoms with van der Waals surface area (Å²) in [7, 11) is 0. The van der Waals surface area contributed by atoms with Crippen LogP contribution in [0.1, 0.15) is 20.8 Å². The average molecular weight is 137 g/mol. The van der Waals surface area contributed by atoms with Gasteiger partial charge in [0.15, 0.2) is 0 Å². The van der Waals surface area contributed by atoms with Gasteiger partial charge < -0.3 is 0 Å². The summed E-state index contributed by atoms with van der Waals surface area (Å²) in [5.74, 6) is 0. The number of isocyanates is 1. The lowest BCUT2D eigenvalue weighted by molar-refractivity contribution is 0.564. The van der Waals surface area contributed by atoms with Crippen LogP contribution in [0.2, 0.25) is 0 Å². The molecule has 0 spiro atoms. The lowest BCUT2D eigenvalue weighted by Crippen LogP contribution is -1.75. The zero-order chi connectivity index (χ0) is 7.98. The van der Waals surface area contributed by atoms with E-state index in [9.17, 15) is 4.79 Å². The quantitative estimate of drug-likeness (QED) is 0.326. The first-order valence-corrected chi connectivity index (χ1v) is 3.10. The summed E-state index contributed by atoms with van der Waals surface area (Å²) in [6, 6.07) is 0. The molecule has 0 aliphatic carbocycles. The maximum absolute atomic E-state index is 9.83. The minimum absolute atomic E-state index is 0.692. The zero-order valence-electron chi connectivity index (χ0n) is 6.51. The Balaban J connectivity index is 4.59. The lowest BCUT2D eigenvalue weighted by atomic mass is 10.2. The van der Waals surface area contributed by atoms with Crippen molar-refractivity contribution in [3.05, 3.63) is 23.4 Å². The monoisotopic (exact) mass is 137 g/mol. The highest BCUT2D eigenvalue weighted by atomic mass is 16.1. The number of aliphatic imine (C=N–C) groups is 1. The van der Waals surface area contributed by atoms with Gasteiger partial charge in [-0.1, -0.05) is 6.08 Å². The summed E-state index contributed by atoms with van der Waals surface area (Å²) in [6.45, 7) is 5.68. The van der Waals surface area contributed by atoms with Crippen molar-refractivity contribution >= 4 is 6.08 Å². The molecule has 0 bridgehead atoms. The molecule has 2 nitrogen and oxygen atoms in total. The van der Waals surface area contributed by atoms with Crippen molar-refractivity contribution in [1.29, 1.82) is 0 Å². The number of hydrogen-bond acceptors (Lipinski definition) is 2. The molecule has 0 rings (SSSR count). The van der Waals surface area contributed by atoms with Gasteiger partial charge in [-0.05, 0) is 32.4 Å². The molecule has 54 valence electrons. The second-order valence-corrected chi connectivity index (χ2v) is 2.09. The van der Waals surface area contributed by atoms with Gasteiger partial charge in [0.05, 0.1) is 5.70 Å². The van der Waals surface area contributed by atoms with Gasteiger partial charge in [-0.3, -0.25) is 0 Å². The Labute approximate surface area is 61.0 Å². The summed E-state index contributed by atoms with van der Waals surface area (Å²) in [4.78, 5) is 13.3. The number of carbonyl (C=O) groups excluding carboxylic acids is 1. The molecule has 0 N–H and O–H groups in total. The SMILES string of the molecule is CC=CC(N=C=O)=C(C)C. The standard InChI is InChI=1S/C8H11NO/c1-4-5-8(7(2)3)9-6-10/h4-5H,1-3H3. The smallest absolute Gasteiger partial charge is 0.211 e. The van der Waals surface area contributed by atoms with Gasteiger partial charge in [0.2, 0.25) is 6.08 Å². The maximum atomic E-state index is 9.83. The Hall–Kier alpha value is -1.14. The number of rotatable bonds is 2. The second-order valence-electron chi connectivity index (χ2n) is 2.09. The van der Waals surface area contributed by atoms with Gasteiger partial charge in [0, 0.05) is 0 Å². The fourth-order valence-electron chi connectivity index (χ4n) is 0.523. The van der Waals surface area contributed by atoms with Crippen LogP contribution in [0.25, 0.3) is 0 Å². The van der Waals surface area contributed by atoms with Crippen LogP contribution in [0.15, 0.2) is 28.4 Å². The molecule has 2 heteroatoms. The minimum atomic E-state index is 0.692. The molecule has 0 saturated carbocycles. The average Bonchev–Trinajstić information content (AvgIpc) is 1.87. The van der Waals surface area contributed by atoms with Gasteiger partial charge in [-0.2, -0.15) is 4.99 Å². The molecule has 0 aromatic carbocycles. The minimum Gasteiger partial charge on any atom is -0.211 e. The van der Waals surface area contributed by atoms with E-state index in [-0.39, 0.29) is 0 Å². The largest absolute Gasteiger partial charge is 0.240 e. The Kier molecular flexibility index (Phi) is 4.17. The molecule has 0 saturated heterocycles. The molecule has 0 aliphatic rings. The van der Waals surface area contributed by atoms with Crippen molar-refractivity contribution in [3.8, 4) is 0 Å². The molecule has 0 unspecified atom stereocenters. The normalized spacial score (nSPS) is 9.10. The van der Waals surface area contributed by atoms with Crippen LogP contribution in [0.3, 0.4) is 0 Å². The summed E-state index contributed by atoms with van der Waals surface area (Å²) < 4.78 is 0. The Morgan fingerprint density at radius 2 is 2.10 bits per heavy atom. The number of nitrogens with zero attached hydrogens (tertiary/aromatic N) is 1. The van der Waals surface area contributed by atoms with Crippen LogP contribution in [0, 0.1) is 0 Å². The van der Waals surface area contributed by atoms with Crippen molar-refractivity contribution in [2.75, 3.05) is 0 Å². The van der Waals surface area contributed by atoms with E-state index >= 15 is 0 Å². The molecule has 0 fully saturated rings. The molecule has 0 aromatic rings. The summed E-state index contributed by atoms with van der Waals surface area (Å²) >= 11 is 0. The highest BCUT2D eigenvalue weighted by Crippen LogP contribution is 2.04. The van der Waals surface area contributed by atoms with E-state index in [1.54, 1.807) is 6.08 Å². The van der Waals surface area contributed by atoms with E-state index in [1.807, 2.05) is 26.8 Å². The Bertz CT molecular complexity index is 203. The number of allylic oxidation sites excluding steroid dienone is 3. The van der Waals surface area contributed by atoms with Gasteiger partial charge >= 0.3 is 0 Å². The summed E-state index contributed by atoms with van der Waals surface area (Å²) in [5.41, 5.74) is 1.71. The molecule has 0 amide bonds. The molecule has 0 aromatic heterocycles. The highest BCUT2D eigenvalue weighted by Gasteiger charge is 1.88. The van der Waals surface area contributed by atoms with Gasteiger partial charge in [-0.25, -0.2) is 4.79 Å². The highest BCUT2D eigenvalue weighted by molar-refractivity contribution is 5.40. The van der Waals surface area contributed by atoms with E-state index in [0.29, 0.717) is 5.70 Å². The first-order valence-electron chi connectivity index (χ1n) is 3.10. The van der Waals surface area contributed by atoms with Crippen molar-refractivity contribution in [2.24, 2.45) is 4.99 Å². The van der Waals surface area contributed by atoms with Crippen LogP contribution in [0.5, 0.6) is 0 Å². The lowest BCUT2D eigenvalue weighted by Gasteiger charge is -1.91. The topological polar surface area (TPSA) is 29.4 Å².